The molecule has 31 heavy (non-hydrogen) atoms. The Bertz CT molecular complexity index is 1010. The summed E-state index contributed by atoms with van der Waals surface area (Å²) in [6.07, 6.45) is 7.12. The molecule has 0 unspecified atom stereocenters. The number of fused-ring (bicyclic) bond motifs is 4. The lowest BCUT2D eigenvalue weighted by Crippen LogP contribution is -2.55. The highest BCUT2D eigenvalue weighted by Gasteiger charge is 2.44. The number of carboxylic acid groups (broad SMARTS) is 1. The van der Waals surface area contributed by atoms with Crippen molar-refractivity contribution in [3.8, 4) is 0 Å². The smallest absolute Gasteiger partial charge is 0.303 e. The molecule has 2 aliphatic heterocycles. The van der Waals surface area contributed by atoms with Crippen LogP contribution in [0.1, 0.15) is 68.2 Å². The molecule has 0 atom stereocenters. The van der Waals surface area contributed by atoms with Crippen molar-refractivity contribution in [1.82, 2.24) is 15.2 Å². The van der Waals surface area contributed by atoms with Crippen molar-refractivity contribution in [2.45, 2.75) is 70.3 Å². The maximum Gasteiger partial charge on any atom is 0.303 e. The van der Waals surface area contributed by atoms with Crippen LogP contribution in [-0.4, -0.2) is 46.5 Å². The van der Waals surface area contributed by atoms with E-state index in [1.54, 1.807) is 0 Å². The number of H-pyrrole nitrogens is 1. The van der Waals surface area contributed by atoms with Crippen LogP contribution in [-0.2, 0) is 21.5 Å². The minimum Gasteiger partial charge on any atom is -0.481 e. The number of likely N-dealkylation sites (tertiary alicyclic amines) is 1. The third kappa shape index (κ3) is 3.65. The standard InChI is InChI=1S/C25H33N3O3/c1-17-4-5-20-19(14-17)18-6-11-26-25(23(18)27-20)9-12-28(13-10-25)21(29)15-24(16-22(30)31)7-2-3-8-24/h4-5,14,26-27H,2-3,6-13,15-16H2,1H3,(H,30,31). The Kier molecular flexibility index (Phi) is 5.08. The number of carbonyl (C=O) groups is 2. The van der Waals surface area contributed by atoms with Gasteiger partial charge in [0, 0.05) is 42.7 Å². The molecule has 1 aliphatic carbocycles. The second-order valence-corrected chi connectivity index (χ2v) is 10.1. The fourth-order valence-electron chi connectivity index (χ4n) is 6.40. The van der Waals surface area contributed by atoms with Crippen LogP contribution in [0.2, 0.25) is 0 Å². The average Bonchev–Trinajstić information content (AvgIpc) is 3.33. The molecule has 1 spiro atoms. The summed E-state index contributed by atoms with van der Waals surface area (Å²) < 4.78 is 0. The SMILES string of the molecule is Cc1ccc2[nH]c3c(c2c1)CCNC31CCN(C(=O)CC2(CC(=O)O)CCCC2)CC1. The van der Waals surface area contributed by atoms with Crippen molar-refractivity contribution in [3.05, 3.63) is 35.0 Å². The first-order valence-electron chi connectivity index (χ1n) is 11.8. The largest absolute Gasteiger partial charge is 0.481 e. The van der Waals surface area contributed by atoms with E-state index in [0.717, 1.165) is 64.6 Å². The average molecular weight is 424 g/mol. The number of rotatable bonds is 4. The molecule has 1 aromatic carbocycles. The number of carbonyl (C=O) groups excluding carboxylic acids is 1. The summed E-state index contributed by atoms with van der Waals surface area (Å²) in [4.78, 5) is 30.2. The Hall–Kier alpha value is -2.34. The molecule has 2 aromatic rings. The molecular weight excluding hydrogens is 390 g/mol. The van der Waals surface area contributed by atoms with Gasteiger partial charge in [-0.15, -0.1) is 0 Å². The van der Waals surface area contributed by atoms with E-state index in [9.17, 15) is 14.7 Å². The fourth-order valence-corrected chi connectivity index (χ4v) is 6.40. The minimum absolute atomic E-state index is 0.0939. The summed E-state index contributed by atoms with van der Waals surface area (Å²) in [7, 11) is 0. The summed E-state index contributed by atoms with van der Waals surface area (Å²) in [5.41, 5.74) is 4.80. The number of amides is 1. The molecule has 3 N–H and O–H groups in total. The highest BCUT2D eigenvalue weighted by Crippen LogP contribution is 2.45. The number of aromatic amines is 1. The number of carboxylic acids is 1. The van der Waals surface area contributed by atoms with Crippen LogP contribution >= 0.6 is 0 Å². The first-order chi connectivity index (χ1) is 14.9. The Balaban J connectivity index is 1.32. The van der Waals surface area contributed by atoms with Gasteiger partial charge >= 0.3 is 5.97 Å². The van der Waals surface area contributed by atoms with Crippen molar-refractivity contribution in [2.75, 3.05) is 19.6 Å². The van der Waals surface area contributed by atoms with Crippen LogP contribution in [0, 0.1) is 12.3 Å². The Labute approximate surface area is 183 Å². The van der Waals surface area contributed by atoms with E-state index in [4.69, 9.17) is 0 Å². The van der Waals surface area contributed by atoms with Gasteiger partial charge in [0.1, 0.15) is 0 Å². The fraction of sp³-hybridized carbons (Fsp3) is 0.600. The van der Waals surface area contributed by atoms with E-state index in [1.165, 1.54) is 27.7 Å². The van der Waals surface area contributed by atoms with E-state index in [0.29, 0.717) is 6.42 Å². The maximum atomic E-state index is 13.1. The van der Waals surface area contributed by atoms with Crippen molar-refractivity contribution in [1.29, 1.82) is 0 Å². The summed E-state index contributed by atoms with van der Waals surface area (Å²) >= 11 is 0. The molecule has 1 saturated heterocycles. The summed E-state index contributed by atoms with van der Waals surface area (Å²) in [5.74, 6) is -0.637. The monoisotopic (exact) mass is 423 g/mol. The Morgan fingerprint density at radius 2 is 1.84 bits per heavy atom. The second kappa shape index (κ2) is 7.66. The summed E-state index contributed by atoms with van der Waals surface area (Å²) in [5, 5.41) is 14.5. The molecule has 166 valence electrons. The summed E-state index contributed by atoms with van der Waals surface area (Å²) in [6, 6.07) is 6.62. The van der Waals surface area contributed by atoms with Gasteiger partial charge in [0.25, 0.3) is 0 Å². The number of benzene rings is 1. The quantitative estimate of drug-likeness (QED) is 0.697. The third-order valence-corrected chi connectivity index (χ3v) is 8.06. The summed E-state index contributed by atoms with van der Waals surface area (Å²) in [6.45, 7) is 4.55. The van der Waals surface area contributed by atoms with E-state index < -0.39 is 5.97 Å². The van der Waals surface area contributed by atoms with Crippen molar-refractivity contribution in [2.24, 2.45) is 5.41 Å². The zero-order chi connectivity index (χ0) is 21.6. The molecule has 6 nitrogen and oxygen atoms in total. The molecule has 2 fully saturated rings. The molecule has 0 bridgehead atoms. The lowest BCUT2D eigenvalue weighted by atomic mass is 9.77. The molecular formula is C25H33N3O3. The Morgan fingerprint density at radius 3 is 2.55 bits per heavy atom. The number of hydrogen-bond donors (Lipinski definition) is 3. The minimum atomic E-state index is -0.778. The zero-order valence-electron chi connectivity index (χ0n) is 18.4. The maximum absolute atomic E-state index is 13.1. The molecule has 6 heteroatoms. The topological polar surface area (TPSA) is 85.4 Å². The molecule has 1 aromatic heterocycles. The predicted molar refractivity (Wildman–Crippen MR) is 120 cm³/mol. The van der Waals surface area contributed by atoms with Crippen LogP contribution in [0.25, 0.3) is 10.9 Å². The van der Waals surface area contributed by atoms with Gasteiger partial charge in [-0.1, -0.05) is 24.5 Å². The molecule has 5 rings (SSSR count). The second-order valence-electron chi connectivity index (χ2n) is 10.1. The first-order valence-corrected chi connectivity index (χ1v) is 11.8. The van der Waals surface area contributed by atoms with Crippen LogP contribution < -0.4 is 5.32 Å². The number of piperidine rings is 1. The normalized spacial score (nSPS) is 22.0. The number of aryl methyl sites for hydroxylation is 1. The van der Waals surface area contributed by atoms with Gasteiger partial charge in [-0.2, -0.15) is 0 Å². The van der Waals surface area contributed by atoms with E-state index >= 15 is 0 Å². The number of hydrogen-bond acceptors (Lipinski definition) is 3. The van der Waals surface area contributed by atoms with Gasteiger partial charge in [0.05, 0.1) is 12.0 Å². The third-order valence-electron chi connectivity index (χ3n) is 8.06. The van der Waals surface area contributed by atoms with Crippen LogP contribution in [0.4, 0.5) is 0 Å². The van der Waals surface area contributed by atoms with Crippen molar-refractivity contribution in [3.63, 3.8) is 0 Å². The van der Waals surface area contributed by atoms with Crippen molar-refractivity contribution >= 4 is 22.8 Å². The Morgan fingerprint density at radius 1 is 1.10 bits per heavy atom. The lowest BCUT2D eigenvalue weighted by Gasteiger charge is -2.45. The van der Waals surface area contributed by atoms with Gasteiger partial charge in [0.2, 0.25) is 5.91 Å². The van der Waals surface area contributed by atoms with Crippen LogP contribution in [0.15, 0.2) is 18.2 Å². The van der Waals surface area contributed by atoms with E-state index in [-0.39, 0.29) is 23.3 Å². The number of aliphatic carboxylic acids is 1. The van der Waals surface area contributed by atoms with Crippen molar-refractivity contribution < 1.29 is 14.7 Å². The van der Waals surface area contributed by atoms with Gasteiger partial charge in [0.15, 0.2) is 0 Å². The first kappa shape index (κ1) is 20.6. The lowest BCUT2D eigenvalue weighted by molar-refractivity contribution is -0.142. The zero-order valence-corrected chi connectivity index (χ0v) is 18.4. The van der Waals surface area contributed by atoms with Crippen LogP contribution in [0.5, 0.6) is 0 Å². The number of nitrogens with one attached hydrogen (secondary N) is 2. The van der Waals surface area contributed by atoms with Crippen LogP contribution in [0.3, 0.4) is 0 Å². The van der Waals surface area contributed by atoms with Gasteiger partial charge in [-0.05, 0) is 62.1 Å². The highest BCUT2D eigenvalue weighted by molar-refractivity contribution is 5.86. The molecule has 3 aliphatic rings. The van der Waals surface area contributed by atoms with Gasteiger partial charge < -0.3 is 20.3 Å². The predicted octanol–water partition coefficient (Wildman–Crippen LogP) is 3.86. The van der Waals surface area contributed by atoms with Gasteiger partial charge in [-0.3, -0.25) is 9.59 Å². The van der Waals surface area contributed by atoms with E-state index in [1.807, 2.05) is 4.90 Å². The number of aromatic nitrogens is 1. The highest BCUT2D eigenvalue weighted by atomic mass is 16.4. The molecule has 0 radical (unpaired) electrons. The molecule has 3 heterocycles. The molecule has 1 saturated carbocycles. The molecule has 1 amide bonds. The van der Waals surface area contributed by atoms with Gasteiger partial charge in [-0.25, -0.2) is 0 Å². The number of nitrogens with zero attached hydrogens (tertiary/aromatic N) is 1. The van der Waals surface area contributed by atoms with E-state index in [2.05, 4.69) is 35.4 Å².